The van der Waals surface area contributed by atoms with Crippen LogP contribution >= 0.6 is 11.8 Å². The minimum atomic E-state index is -0.327. The first kappa shape index (κ1) is 13.2. The molecule has 0 bridgehead atoms. The molecule has 1 heterocycles. The molecular weight excluding hydrogens is 272 g/mol. The van der Waals surface area contributed by atoms with Crippen molar-refractivity contribution in [1.82, 2.24) is 0 Å². The zero-order chi connectivity index (χ0) is 13.9. The van der Waals surface area contributed by atoms with E-state index in [2.05, 4.69) is 0 Å². The molecule has 3 aromatic rings. The lowest BCUT2D eigenvalue weighted by Crippen LogP contribution is -2.01. The molecule has 0 saturated carbocycles. The first-order valence-electron chi connectivity index (χ1n) is 6.42. The van der Waals surface area contributed by atoms with Gasteiger partial charge in [-0.1, -0.05) is 30.3 Å². The number of hydrogen-bond donors (Lipinski definition) is 1. The number of fused-ring (bicyclic) bond motifs is 3. The van der Waals surface area contributed by atoms with Gasteiger partial charge in [-0.15, -0.1) is 0 Å². The average Bonchev–Trinajstić information content (AvgIpc) is 2.46. The maximum atomic E-state index is 11.6. The van der Waals surface area contributed by atoms with Gasteiger partial charge in [0.25, 0.3) is 0 Å². The van der Waals surface area contributed by atoms with Crippen molar-refractivity contribution in [2.45, 2.75) is 5.75 Å². The first-order valence-corrected chi connectivity index (χ1v) is 7.58. The second-order valence-corrected chi connectivity index (χ2v) is 5.63. The molecule has 0 unspecified atom stereocenters. The van der Waals surface area contributed by atoms with Crippen molar-refractivity contribution >= 4 is 33.5 Å². The van der Waals surface area contributed by atoms with Gasteiger partial charge in [-0.25, -0.2) is 4.79 Å². The van der Waals surface area contributed by atoms with Crippen LogP contribution < -0.4 is 5.63 Å². The van der Waals surface area contributed by atoms with Gasteiger partial charge in [0.15, 0.2) is 0 Å². The predicted octanol–water partition coefficient (Wildman–Crippen LogP) is 3.17. The maximum absolute atomic E-state index is 11.6. The summed E-state index contributed by atoms with van der Waals surface area (Å²) < 4.78 is 5.30. The van der Waals surface area contributed by atoms with Crippen LogP contribution in [0.5, 0.6) is 0 Å². The van der Waals surface area contributed by atoms with Crippen molar-refractivity contribution in [3.05, 3.63) is 58.4 Å². The molecule has 3 rings (SSSR count). The Labute approximate surface area is 120 Å². The molecule has 0 saturated heterocycles. The normalized spacial score (nSPS) is 11.2. The van der Waals surface area contributed by atoms with E-state index in [1.54, 1.807) is 17.8 Å². The van der Waals surface area contributed by atoms with Crippen LogP contribution in [0.25, 0.3) is 21.7 Å². The zero-order valence-corrected chi connectivity index (χ0v) is 11.7. The summed E-state index contributed by atoms with van der Waals surface area (Å²) in [7, 11) is 0. The number of thioether (sulfide) groups is 1. The molecule has 0 fully saturated rings. The highest BCUT2D eigenvalue weighted by atomic mass is 32.2. The van der Waals surface area contributed by atoms with Gasteiger partial charge in [0.2, 0.25) is 0 Å². The van der Waals surface area contributed by atoms with Crippen LogP contribution in [0.3, 0.4) is 0 Å². The SMILES string of the molecule is O=c1cc(CSCCO)c2c(ccc3ccccc32)o1. The Hall–Kier alpha value is -1.78. The van der Waals surface area contributed by atoms with Crippen molar-refractivity contribution in [3.63, 3.8) is 0 Å². The van der Waals surface area contributed by atoms with Crippen molar-refractivity contribution < 1.29 is 9.52 Å². The number of benzene rings is 2. The molecule has 1 N–H and O–H groups in total. The topological polar surface area (TPSA) is 50.4 Å². The van der Waals surface area contributed by atoms with E-state index < -0.39 is 0 Å². The summed E-state index contributed by atoms with van der Waals surface area (Å²) in [4.78, 5) is 11.6. The lowest BCUT2D eigenvalue weighted by atomic mass is 10.0. The molecule has 4 heteroatoms. The van der Waals surface area contributed by atoms with Gasteiger partial charge in [0.05, 0.1) is 6.61 Å². The molecule has 2 aromatic carbocycles. The van der Waals surface area contributed by atoms with Crippen LogP contribution in [0.15, 0.2) is 51.7 Å². The van der Waals surface area contributed by atoms with E-state index in [1.165, 1.54) is 0 Å². The van der Waals surface area contributed by atoms with Crippen molar-refractivity contribution in [3.8, 4) is 0 Å². The fourth-order valence-electron chi connectivity index (χ4n) is 2.38. The summed E-state index contributed by atoms with van der Waals surface area (Å²) in [5.41, 5.74) is 1.26. The van der Waals surface area contributed by atoms with E-state index in [9.17, 15) is 4.79 Å². The molecule has 0 radical (unpaired) electrons. The van der Waals surface area contributed by atoms with Crippen LogP contribution in [-0.4, -0.2) is 17.5 Å². The van der Waals surface area contributed by atoms with Gasteiger partial charge < -0.3 is 9.52 Å². The fraction of sp³-hybridized carbons (Fsp3) is 0.188. The predicted molar refractivity (Wildman–Crippen MR) is 83.2 cm³/mol. The minimum Gasteiger partial charge on any atom is -0.423 e. The summed E-state index contributed by atoms with van der Waals surface area (Å²) in [6.45, 7) is 0.144. The number of rotatable bonds is 4. The summed E-state index contributed by atoms with van der Waals surface area (Å²) in [6.07, 6.45) is 0. The lowest BCUT2D eigenvalue weighted by Gasteiger charge is -2.08. The zero-order valence-electron chi connectivity index (χ0n) is 10.8. The molecule has 20 heavy (non-hydrogen) atoms. The number of aliphatic hydroxyl groups is 1. The molecule has 0 spiro atoms. The Kier molecular flexibility index (Phi) is 3.76. The Morgan fingerprint density at radius 3 is 2.85 bits per heavy atom. The van der Waals surface area contributed by atoms with Crippen LogP contribution in [0.1, 0.15) is 5.56 Å². The average molecular weight is 286 g/mol. The molecule has 0 amide bonds. The van der Waals surface area contributed by atoms with Gasteiger partial charge in [0.1, 0.15) is 5.58 Å². The van der Waals surface area contributed by atoms with E-state index in [0.29, 0.717) is 17.1 Å². The first-order chi connectivity index (χ1) is 9.79. The molecule has 0 aliphatic rings. The molecule has 3 nitrogen and oxygen atoms in total. The molecule has 0 aliphatic carbocycles. The van der Waals surface area contributed by atoms with E-state index in [-0.39, 0.29) is 12.2 Å². The third-order valence-corrected chi connectivity index (χ3v) is 4.19. The highest BCUT2D eigenvalue weighted by Crippen LogP contribution is 2.29. The second kappa shape index (κ2) is 5.69. The molecule has 0 aliphatic heterocycles. The van der Waals surface area contributed by atoms with Gasteiger partial charge in [-0.3, -0.25) is 0 Å². The van der Waals surface area contributed by atoms with Gasteiger partial charge in [-0.2, -0.15) is 11.8 Å². The largest absolute Gasteiger partial charge is 0.423 e. The number of hydrogen-bond acceptors (Lipinski definition) is 4. The van der Waals surface area contributed by atoms with Crippen LogP contribution in [0.4, 0.5) is 0 Å². The van der Waals surface area contributed by atoms with Gasteiger partial charge in [0, 0.05) is 23.0 Å². The van der Waals surface area contributed by atoms with E-state index in [4.69, 9.17) is 9.52 Å². The van der Waals surface area contributed by atoms with Crippen molar-refractivity contribution in [1.29, 1.82) is 0 Å². The quantitative estimate of drug-likeness (QED) is 0.455. The summed E-state index contributed by atoms with van der Waals surface area (Å²) in [6, 6.07) is 13.4. The minimum absolute atomic E-state index is 0.144. The molecule has 0 atom stereocenters. The Morgan fingerprint density at radius 2 is 2.00 bits per heavy atom. The van der Waals surface area contributed by atoms with E-state index in [1.807, 2.05) is 36.4 Å². The van der Waals surface area contributed by atoms with Gasteiger partial charge in [-0.05, 0) is 22.4 Å². The van der Waals surface area contributed by atoms with Gasteiger partial charge >= 0.3 is 5.63 Å². The Balaban J connectivity index is 2.25. The highest BCUT2D eigenvalue weighted by molar-refractivity contribution is 7.98. The maximum Gasteiger partial charge on any atom is 0.336 e. The summed E-state index contributed by atoms with van der Waals surface area (Å²) in [5, 5.41) is 12.1. The molecule has 1 aromatic heterocycles. The lowest BCUT2D eigenvalue weighted by molar-refractivity contribution is 0.322. The fourth-order valence-corrected chi connectivity index (χ4v) is 3.10. The third-order valence-electron chi connectivity index (χ3n) is 3.21. The van der Waals surface area contributed by atoms with Crippen LogP contribution in [0.2, 0.25) is 0 Å². The summed E-state index contributed by atoms with van der Waals surface area (Å²) >= 11 is 1.61. The van der Waals surface area contributed by atoms with Crippen molar-refractivity contribution in [2.75, 3.05) is 12.4 Å². The van der Waals surface area contributed by atoms with Crippen molar-refractivity contribution in [2.24, 2.45) is 0 Å². The summed E-state index contributed by atoms with van der Waals surface area (Å²) in [5.74, 6) is 1.35. The Morgan fingerprint density at radius 1 is 1.15 bits per heavy atom. The van der Waals surface area contributed by atoms with Crippen LogP contribution in [-0.2, 0) is 5.75 Å². The number of aliphatic hydroxyl groups excluding tert-OH is 1. The molecular formula is C16H14O3S. The highest BCUT2D eigenvalue weighted by Gasteiger charge is 2.09. The smallest absolute Gasteiger partial charge is 0.336 e. The van der Waals surface area contributed by atoms with Crippen LogP contribution in [0, 0.1) is 0 Å². The third kappa shape index (κ3) is 2.44. The Bertz CT molecular complexity index is 808. The standard InChI is InChI=1S/C16H14O3S/c17-7-8-20-10-12-9-15(18)19-14-6-5-11-3-1-2-4-13(11)16(12)14/h1-6,9,17H,7-8,10H2. The monoisotopic (exact) mass is 286 g/mol. The van der Waals surface area contributed by atoms with E-state index in [0.717, 1.165) is 21.7 Å². The second-order valence-electron chi connectivity index (χ2n) is 4.53. The van der Waals surface area contributed by atoms with E-state index >= 15 is 0 Å². The molecule has 102 valence electrons.